The maximum absolute atomic E-state index is 12.6. The van der Waals surface area contributed by atoms with Gasteiger partial charge < -0.3 is 0 Å². The van der Waals surface area contributed by atoms with Gasteiger partial charge in [0.1, 0.15) is 0 Å². The van der Waals surface area contributed by atoms with Crippen molar-refractivity contribution in [1.29, 1.82) is 0 Å². The molecule has 0 amide bonds. The minimum atomic E-state index is -1.11. The zero-order valence-corrected chi connectivity index (χ0v) is 14.2. The number of carbonyl (C=O) groups is 2. The summed E-state index contributed by atoms with van der Waals surface area (Å²) in [5.74, 6) is -4.22. The van der Waals surface area contributed by atoms with Crippen molar-refractivity contribution >= 4 is 49.0 Å². The van der Waals surface area contributed by atoms with Gasteiger partial charge in [0.05, 0.1) is 11.1 Å². The van der Waals surface area contributed by atoms with Gasteiger partial charge in [-0.25, -0.2) is 17.6 Å². The van der Waals surface area contributed by atoms with Gasteiger partial charge in [-0.3, -0.25) is 9.59 Å². The van der Waals surface area contributed by atoms with Gasteiger partial charge in [0, 0.05) is 4.47 Å². The van der Waals surface area contributed by atoms with Crippen molar-refractivity contribution < 1.29 is 27.2 Å². The Morgan fingerprint density at radius 2 is 1.44 bits per heavy atom. The molecule has 0 spiro atoms. The van der Waals surface area contributed by atoms with Crippen LogP contribution in [0, 0.1) is 23.3 Å². The molecule has 2 aromatic rings. The number of hydrogen-bond donors (Lipinski definition) is 1. The van der Waals surface area contributed by atoms with Crippen LogP contribution in [0.2, 0.25) is 0 Å². The van der Waals surface area contributed by atoms with Crippen molar-refractivity contribution in [1.82, 2.24) is 0 Å². The molecule has 0 unspecified atom stereocenters. The van der Waals surface area contributed by atoms with E-state index in [1.807, 2.05) is 0 Å². The second kappa shape index (κ2) is 13.5. The molecule has 0 aliphatic rings. The van der Waals surface area contributed by atoms with E-state index in [0.29, 0.717) is 4.47 Å². The molecule has 25 heavy (non-hydrogen) atoms. The van der Waals surface area contributed by atoms with Crippen LogP contribution in [0.1, 0.15) is 28.1 Å². The molecule has 2 rings (SSSR count). The Labute approximate surface area is 157 Å². The third-order valence-corrected chi connectivity index (χ3v) is 2.71. The third-order valence-electron chi connectivity index (χ3n) is 2.26. The van der Waals surface area contributed by atoms with Crippen molar-refractivity contribution in [2.45, 2.75) is 7.43 Å². The summed E-state index contributed by atoms with van der Waals surface area (Å²) < 4.78 is 52.7. The van der Waals surface area contributed by atoms with E-state index in [2.05, 4.69) is 40.7 Å². The van der Waals surface area contributed by atoms with Crippen LogP contribution >= 0.6 is 28.7 Å². The van der Waals surface area contributed by atoms with Crippen molar-refractivity contribution in [3.63, 3.8) is 0 Å². The van der Waals surface area contributed by atoms with Crippen molar-refractivity contribution in [2.24, 2.45) is 4.30 Å². The topological polar surface area (TPSA) is 46.5 Å². The molecule has 0 bridgehead atoms. The Hall–Kier alpha value is -1.81. The molecule has 133 valence electrons. The van der Waals surface area contributed by atoms with Crippen LogP contribution < -0.4 is 0 Å². The van der Waals surface area contributed by atoms with Gasteiger partial charge >= 0.3 is 24.8 Å². The van der Waals surface area contributed by atoms with Gasteiger partial charge in [-0.1, -0.05) is 29.4 Å². The molecular formula is C15H12BBrF4NO2S. The van der Waals surface area contributed by atoms with Gasteiger partial charge in [0.15, 0.2) is 35.8 Å². The summed E-state index contributed by atoms with van der Waals surface area (Å²) in [6.07, 6.45) is 0.543. The van der Waals surface area contributed by atoms with Crippen LogP contribution in [0.15, 0.2) is 39.1 Å². The molecule has 10 heteroatoms. The van der Waals surface area contributed by atoms with Crippen LogP contribution in [-0.2, 0) is 0 Å². The monoisotopic (exact) mass is 436 g/mol. The SMILES string of the molecule is C.O=Cc1cc(Br)cc(F)c1F.O=Cc1cccc(F)c1F.[B]=NS. The quantitative estimate of drug-likeness (QED) is 0.233. The van der Waals surface area contributed by atoms with Crippen LogP contribution in [0.5, 0.6) is 0 Å². The van der Waals surface area contributed by atoms with E-state index in [1.165, 1.54) is 18.2 Å². The Bertz CT molecular complexity index is 735. The predicted octanol–water partition coefficient (Wildman–Crippen LogP) is 5.14. The van der Waals surface area contributed by atoms with E-state index in [0.717, 1.165) is 12.1 Å². The first-order chi connectivity index (χ1) is 11.3. The van der Waals surface area contributed by atoms with Crippen molar-refractivity contribution in [3.8, 4) is 0 Å². The molecular weight excluding hydrogens is 425 g/mol. The van der Waals surface area contributed by atoms with Crippen LogP contribution in [0.3, 0.4) is 0 Å². The summed E-state index contributed by atoms with van der Waals surface area (Å²) in [5, 5.41) is 0. The van der Waals surface area contributed by atoms with Crippen LogP contribution in [0.4, 0.5) is 17.6 Å². The summed E-state index contributed by atoms with van der Waals surface area (Å²) in [5.41, 5.74) is -0.531. The van der Waals surface area contributed by atoms with Crippen LogP contribution in [-0.4, -0.2) is 20.2 Å². The summed E-state index contributed by atoms with van der Waals surface area (Å²) in [6, 6.07) is 5.63. The van der Waals surface area contributed by atoms with Gasteiger partial charge in [0.25, 0.3) is 0 Å². The number of rotatable bonds is 2. The molecule has 0 heterocycles. The van der Waals surface area contributed by atoms with E-state index in [1.54, 1.807) is 0 Å². The molecule has 0 N–H and O–H groups in total. The van der Waals surface area contributed by atoms with E-state index in [9.17, 15) is 27.2 Å². The maximum atomic E-state index is 12.6. The molecule has 0 aliphatic heterocycles. The summed E-state index contributed by atoms with van der Waals surface area (Å²) >= 11 is 6.11. The van der Waals surface area contributed by atoms with E-state index in [-0.39, 0.29) is 31.1 Å². The van der Waals surface area contributed by atoms with Gasteiger partial charge in [-0.05, 0) is 24.3 Å². The summed E-state index contributed by atoms with van der Waals surface area (Å²) in [7, 11) is 4.34. The first-order valence-electron chi connectivity index (χ1n) is 5.85. The van der Waals surface area contributed by atoms with Gasteiger partial charge in [-0.2, -0.15) is 0 Å². The third kappa shape index (κ3) is 8.73. The second-order valence-corrected chi connectivity index (χ2v) is 4.93. The minimum absolute atomic E-state index is 0. The fourth-order valence-electron chi connectivity index (χ4n) is 1.27. The van der Waals surface area contributed by atoms with Crippen molar-refractivity contribution in [2.75, 3.05) is 0 Å². The number of benzene rings is 2. The van der Waals surface area contributed by atoms with E-state index in [4.69, 9.17) is 0 Å². The Morgan fingerprint density at radius 1 is 0.960 bits per heavy atom. The van der Waals surface area contributed by atoms with Crippen molar-refractivity contribution in [3.05, 3.63) is 69.2 Å². The van der Waals surface area contributed by atoms with E-state index < -0.39 is 23.3 Å². The Morgan fingerprint density at radius 3 is 1.88 bits per heavy atom. The summed E-state index contributed by atoms with van der Waals surface area (Å²) in [4.78, 5) is 20.1. The number of halogens is 5. The Balaban J connectivity index is 0. The summed E-state index contributed by atoms with van der Waals surface area (Å²) in [6.45, 7) is 0. The number of thiol groups is 1. The molecule has 2 aromatic carbocycles. The fraction of sp³-hybridized carbons (Fsp3) is 0.0667. The molecule has 3 nitrogen and oxygen atoms in total. The number of aldehydes is 2. The fourth-order valence-corrected chi connectivity index (χ4v) is 1.72. The average molecular weight is 437 g/mol. The first-order valence-corrected chi connectivity index (χ1v) is 7.04. The molecule has 0 aliphatic carbocycles. The van der Waals surface area contributed by atoms with E-state index >= 15 is 0 Å². The number of hydrogen-bond acceptors (Lipinski definition) is 4. The molecule has 0 saturated carbocycles. The van der Waals surface area contributed by atoms with Gasteiger partial charge in [-0.15, -0.1) is 0 Å². The average Bonchev–Trinajstić information content (AvgIpc) is 2.55. The molecule has 0 atom stereocenters. The number of nitrogens with zero attached hydrogens (tertiary/aromatic N) is 1. The standard InChI is InChI=1S/C7H3BrF2O.C7H4F2O.CH4.BHNS/c8-5-1-4(3-11)7(10)6(9)2-5;8-6-3-1-2-5(4-10)7(6)9;;1-2-3/h1-3H;1-4H;1H4;3H. The molecule has 1 radical (unpaired) electrons. The van der Waals surface area contributed by atoms with Gasteiger partial charge in [0.2, 0.25) is 0 Å². The Kier molecular flexibility index (Phi) is 13.7. The molecule has 0 saturated heterocycles. The molecule has 0 aromatic heterocycles. The normalized spacial score (nSPS) is 8.52. The van der Waals surface area contributed by atoms with Crippen LogP contribution in [0.25, 0.3) is 0 Å². The number of carbonyl (C=O) groups excluding carboxylic acids is 2. The first kappa shape index (κ1) is 25.4. The molecule has 0 fully saturated rings. The zero-order chi connectivity index (χ0) is 18.7. The zero-order valence-electron chi connectivity index (χ0n) is 11.7. The predicted molar refractivity (Wildman–Crippen MR) is 95.1 cm³/mol. The second-order valence-electron chi connectivity index (χ2n) is 3.79.